The third kappa shape index (κ3) is 26.0. The van der Waals surface area contributed by atoms with Crippen molar-refractivity contribution in [3.8, 4) is 0 Å². The summed E-state index contributed by atoms with van der Waals surface area (Å²) >= 11 is 0. The zero-order valence-corrected chi connectivity index (χ0v) is 50.8. The van der Waals surface area contributed by atoms with Crippen molar-refractivity contribution in [2.24, 2.45) is 0 Å². The standard InChI is InChI=1S/C50H89N5O32.Gd.O/c56-22-26-35(68)39(72)43(76)47(84-26)80-13-1-5-54(6-2-14-81-48-44(77)40(73)36(69)27(23-57)85-48)30(60)17-52(20-33(64)65)11-9-51(19-32(62)63)10-12-53(21-34(66)67)18-31(61)55(7-3-15-82-49-45(78)41(74)37(70)28(24-58)86-49)8-4-16-83-50-46(79)42(75)38(71)29(25-59)87-50;;/h26-29,35-50,56-59,68-79H,1-25H2,(H,62,63)(H,64,65)(H,66,67);;/q;+3;-2/t26-,27-,28+,29+,35-,36-,37+,38+,39+,40+,41-,42-,43+,44+,45-,46-,47?,48?,49?,50?;;. The van der Waals surface area contributed by atoms with Crippen LogP contribution in [-0.2, 0) is 67.3 Å². The maximum absolute atomic E-state index is 14.1. The summed E-state index contributed by atoms with van der Waals surface area (Å²) in [6, 6.07) is 0. The summed E-state index contributed by atoms with van der Waals surface area (Å²) in [7, 11) is 0. The van der Waals surface area contributed by atoms with Crippen LogP contribution in [0.25, 0.3) is 0 Å². The molecular weight excluding hydrogens is 1360 g/mol. The first kappa shape index (κ1) is 82.6. The van der Waals surface area contributed by atoms with Crippen LogP contribution >= 0.6 is 0 Å². The third-order valence-electron chi connectivity index (χ3n) is 14.8. The van der Waals surface area contributed by atoms with Crippen LogP contribution in [0, 0.1) is 39.9 Å². The van der Waals surface area contributed by atoms with Gasteiger partial charge in [-0.05, 0) is 25.7 Å². The van der Waals surface area contributed by atoms with Crippen molar-refractivity contribution in [3.63, 3.8) is 0 Å². The quantitative estimate of drug-likeness (QED) is 0.0253. The first-order chi connectivity index (χ1) is 41.3. The molecule has 4 fully saturated rings. The number of carbonyl (C=O) groups excluding carboxylic acids is 2. The van der Waals surface area contributed by atoms with Gasteiger partial charge in [0.05, 0.1) is 85.6 Å². The van der Waals surface area contributed by atoms with Gasteiger partial charge in [0, 0.05) is 52.4 Å². The predicted octanol–water partition coefficient (Wildman–Crippen LogP) is -12.5. The Kier molecular flexibility index (Phi) is 39.1. The van der Waals surface area contributed by atoms with E-state index >= 15 is 0 Å². The van der Waals surface area contributed by atoms with Gasteiger partial charge in [0.15, 0.2) is 25.2 Å². The van der Waals surface area contributed by atoms with E-state index < -0.39 is 212 Å². The Labute approximate surface area is 542 Å². The molecule has 1 radical (unpaired) electrons. The average molecular weight is 1450 g/mol. The minimum absolute atomic E-state index is 0. The molecule has 20 atom stereocenters. The number of aliphatic carboxylic acids is 3. The van der Waals surface area contributed by atoms with E-state index in [9.17, 15) is 121 Å². The van der Waals surface area contributed by atoms with Gasteiger partial charge < -0.3 is 150 Å². The predicted molar refractivity (Wildman–Crippen MR) is 283 cm³/mol. The second kappa shape index (κ2) is 42.1. The van der Waals surface area contributed by atoms with E-state index in [4.69, 9.17) is 37.9 Å². The van der Waals surface area contributed by atoms with E-state index in [1.807, 2.05) is 0 Å². The molecule has 0 bridgehead atoms. The van der Waals surface area contributed by atoms with Crippen molar-refractivity contribution in [2.75, 3.05) is 138 Å². The van der Waals surface area contributed by atoms with Crippen LogP contribution in [-0.4, -0.2) is 412 Å². The Morgan fingerprint density at radius 3 is 0.742 bits per heavy atom. The van der Waals surface area contributed by atoms with Gasteiger partial charge in [0.1, 0.15) is 97.7 Å². The Morgan fingerprint density at radius 2 is 0.528 bits per heavy atom. The topological polar surface area (TPSA) is 588 Å². The number of carboxylic acid groups (broad SMARTS) is 3. The normalized spacial score (nSPS) is 32.3. The van der Waals surface area contributed by atoms with Gasteiger partial charge in [-0.2, -0.15) is 0 Å². The molecule has 89 heavy (non-hydrogen) atoms. The molecule has 0 aromatic carbocycles. The number of carboxylic acids is 3. The van der Waals surface area contributed by atoms with Crippen molar-refractivity contribution in [1.29, 1.82) is 0 Å². The minimum Gasteiger partial charge on any atom is -2.00 e. The number of nitrogens with zero attached hydrogens (tertiary/aromatic N) is 5. The smallest absolute Gasteiger partial charge is 2.00 e. The van der Waals surface area contributed by atoms with Gasteiger partial charge in [0.2, 0.25) is 11.8 Å². The van der Waals surface area contributed by atoms with Crippen LogP contribution in [0.3, 0.4) is 0 Å². The maximum Gasteiger partial charge on any atom is 3.00 e. The van der Waals surface area contributed by atoms with Gasteiger partial charge in [-0.1, -0.05) is 0 Å². The second-order valence-electron chi connectivity index (χ2n) is 21.3. The zero-order valence-electron chi connectivity index (χ0n) is 48.5. The van der Waals surface area contributed by atoms with Crippen LogP contribution < -0.4 is 0 Å². The van der Waals surface area contributed by atoms with Crippen LogP contribution in [0.1, 0.15) is 25.7 Å². The van der Waals surface area contributed by atoms with Crippen LogP contribution in [0.4, 0.5) is 0 Å². The summed E-state index contributed by atoms with van der Waals surface area (Å²) in [5, 5.41) is 191. The van der Waals surface area contributed by atoms with Crippen LogP contribution in [0.15, 0.2) is 0 Å². The third-order valence-corrected chi connectivity index (χ3v) is 14.8. The molecule has 0 aliphatic carbocycles. The number of rotatable bonds is 40. The maximum atomic E-state index is 14.1. The summed E-state index contributed by atoms with van der Waals surface area (Å²) in [5.41, 5.74) is 0. The van der Waals surface area contributed by atoms with Gasteiger partial charge in [-0.15, -0.1) is 0 Å². The molecule has 4 aliphatic rings. The molecule has 4 saturated heterocycles. The number of hydrogen-bond donors (Lipinski definition) is 19. The molecule has 0 aromatic heterocycles. The molecule has 4 rings (SSSR count). The number of aliphatic hydroxyl groups is 16. The summed E-state index contributed by atoms with van der Waals surface area (Å²) in [5.74, 6) is -5.51. The first-order valence-corrected chi connectivity index (χ1v) is 28.3. The Morgan fingerprint density at radius 1 is 0.315 bits per heavy atom. The Hall–Kier alpha value is -2.45. The Balaban J connectivity index is 0.0000135. The van der Waals surface area contributed by atoms with Crippen molar-refractivity contribution >= 4 is 29.7 Å². The largest absolute Gasteiger partial charge is 3.00 e. The molecule has 4 heterocycles. The molecule has 4 unspecified atom stereocenters. The minimum atomic E-state index is -1.75. The molecule has 2 amide bonds. The number of ether oxygens (including phenoxy) is 8. The van der Waals surface area contributed by atoms with Gasteiger partial charge >= 0.3 is 57.8 Å². The van der Waals surface area contributed by atoms with E-state index in [2.05, 4.69) is 0 Å². The molecule has 0 saturated carbocycles. The number of amides is 2. The van der Waals surface area contributed by atoms with Gasteiger partial charge in [-0.25, -0.2) is 0 Å². The molecule has 39 heteroatoms. The molecule has 0 spiro atoms. The number of hydrogen-bond acceptors (Lipinski definition) is 32. The van der Waals surface area contributed by atoms with Crippen LogP contribution in [0.5, 0.6) is 0 Å². The van der Waals surface area contributed by atoms with Gasteiger partial charge in [0.25, 0.3) is 0 Å². The average Bonchev–Trinajstić information content (AvgIpc) is 3.39. The summed E-state index contributed by atoms with van der Waals surface area (Å²) < 4.78 is 43.7. The Bertz CT molecular complexity index is 1830. The van der Waals surface area contributed by atoms with Crippen molar-refractivity contribution in [3.05, 3.63) is 0 Å². The summed E-state index contributed by atoms with van der Waals surface area (Å²) in [6.45, 7) is -8.79. The molecule has 38 nitrogen and oxygen atoms in total. The second-order valence-corrected chi connectivity index (χ2v) is 21.3. The molecule has 19 N–H and O–H groups in total. The number of aliphatic hydroxyl groups excluding tert-OH is 16. The van der Waals surface area contributed by atoms with Crippen molar-refractivity contribution in [2.45, 2.75) is 149 Å². The molecule has 4 aliphatic heterocycles. The van der Waals surface area contributed by atoms with E-state index in [1.165, 1.54) is 24.5 Å². The fourth-order valence-corrected chi connectivity index (χ4v) is 9.78. The summed E-state index contributed by atoms with van der Waals surface area (Å²) in [6.07, 6.45) is -31.7. The van der Waals surface area contributed by atoms with Crippen molar-refractivity contribution in [1.82, 2.24) is 24.5 Å². The molecule has 0 aromatic rings. The monoisotopic (exact) mass is 1450 g/mol. The van der Waals surface area contributed by atoms with Crippen molar-refractivity contribution < 1.29 is 204 Å². The van der Waals surface area contributed by atoms with E-state index in [-0.39, 0.29) is 150 Å². The van der Waals surface area contributed by atoms with E-state index in [0.717, 1.165) is 0 Å². The fourth-order valence-electron chi connectivity index (χ4n) is 9.78. The van der Waals surface area contributed by atoms with E-state index in [0.29, 0.717) is 0 Å². The number of carbonyl (C=O) groups is 5. The zero-order chi connectivity index (χ0) is 64.7. The first-order valence-electron chi connectivity index (χ1n) is 28.3. The summed E-state index contributed by atoms with van der Waals surface area (Å²) in [4.78, 5) is 70.9. The van der Waals surface area contributed by atoms with Gasteiger partial charge in [-0.3, -0.25) is 38.7 Å². The SMILES string of the molecule is O=C(O)CN(CCN(CC(=O)O)CC(=O)N(CCCOC1O[C@H](CO)[C@@H](O)[C@H](O)[C@@H]1O)CCCOC1O[C@H](CO)[C@@H](O)[C@H](O)[C@@H]1O)CCN(CC(=O)O)CC(=O)N(CCCOC1O[C@@H](CO)[C@H](O)[C@@H](O)[C@H]1O)CCCOC1O[C@@H](CO)[C@H](O)[C@@H](O)[C@H]1O.[Gd+3].[O-2]. The molecular formula is C50H89GdN5O33+. The fraction of sp³-hybridized carbons (Fsp3) is 0.900. The molecule has 519 valence electrons. The van der Waals surface area contributed by atoms with E-state index in [1.54, 1.807) is 0 Å². The van der Waals surface area contributed by atoms with Crippen LogP contribution in [0.2, 0.25) is 0 Å².